The Morgan fingerprint density at radius 1 is 1.57 bits per heavy atom. The van der Waals surface area contributed by atoms with Crippen LogP contribution in [0.5, 0.6) is 0 Å². The van der Waals surface area contributed by atoms with E-state index in [-0.39, 0.29) is 5.78 Å². The van der Waals surface area contributed by atoms with Gasteiger partial charge >= 0.3 is 0 Å². The Morgan fingerprint density at radius 2 is 2.43 bits per heavy atom. The van der Waals surface area contributed by atoms with Crippen LogP contribution in [0.2, 0.25) is 0 Å². The first-order chi connectivity index (χ1) is 6.83. The summed E-state index contributed by atoms with van der Waals surface area (Å²) in [6.45, 7) is 0.915. The third-order valence-corrected chi connectivity index (χ3v) is 4.14. The molecule has 0 unspecified atom stereocenters. The molecular formula is C9H9IN2OS. The van der Waals surface area contributed by atoms with E-state index in [0.717, 1.165) is 18.7 Å². The molecule has 1 aliphatic heterocycles. The second kappa shape index (κ2) is 4.48. The lowest BCUT2D eigenvalue weighted by molar-refractivity contribution is 0.0979. The average Bonchev–Trinajstić information content (AvgIpc) is 2.39. The van der Waals surface area contributed by atoms with Gasteiger partial charge in [0.15, 0.2) is 5.78 Å². The van der Waals surface area contributed by atoms with Crippen molar-refractivity contribution in [3.63, 3.8) is 0 Å². The van der Waals surface area contributed by atoms with Gasteiger partial charge in [0.1, 0.15) is 5.69 Å². The van der Waals surface area contributed by atoms with Gasteiger partial charge < -0.3 is 4.31 Å². The van der Waals surface area contributed by atoms with E-state index in [1.165, 1.54) is 0 Å². The van der Waals surface area contributed by atoms with E-state index in [1.807, 2.05) is 12.1 Å². The zero-order chi connectivity index (χ0) is 9.97. The van der Waals surface area contributed by atoms with Gasteiger partial charge in [0.05, 0.1) is 5.69 Å². The van der Waals surface area contributed by atoms with Gasteiger partial charge in [-0.2, -0.15) is 0 Å². The highest BCUT2D eigenvalue weighted by Crippen LogP contribution is 2.32. The smallest absolute Gasteiger partial charge is 0.183 e. The summed E-state index contributed by atoms with van der Waals surface area (Å²) < 4.78 is 2.12. The first kappa shape index (κ1) is 10.2. The number of fused-ring (bicyclic) bond motifs is 1. The van der Waals surface area contributed by atoms with E-state index in [4.69, 9.17) is 0 Å². The maximum absolute atomic E-state index is 11.7. The van der Waals surface area contributed by atoms with Gasteiger partial charge in [-0.25, -0.2) is 0 Å². The fraction of sp³-hybridized carbons (Fsp3) is 0.333. The minimum Gasteiger partial charge on any atom is -0.305 e. The zero-order valence-corrected chi connectivity index (χ0v) is 10.4. The Balaban J connectivity index is 2.47. The average molecular weight is 320 g/mol. The Labute approximate surface area is 99.0 Å². The molecule has 3 nitrogen and oxygen atoms in total. The number of halogens is 1. The number of aromatic nitrogens is 1. The van der Waals surface area contributed by atoms with E-state index < -0.39 is 0 Å². The number of rotatable bonds is 1. The number of anilines is 1. The number of hydrogen-bond donors (Lipinski definition) is 0. The van der Waals surface area contributed by atoms with Crippen molar-refractivity contribution in [3.8, 4) is 0 Å². The molecule has 0 radical (unpaired) electrons. The molecule has 0 atom stereocenters. The van der Waals surface area contributed by atoms with E-state index in [1.54, 1.807) is 15.3 Å². The Morgan fingerprint density at radius 3 is 3.21 bits per heavy atom. The minimum absolute atomic E-state index is 0.161. The Hall–Kier alpha value is -0.300. The van der Waals surface area contributed by atoms with Crippen LogP contribution in [0.1, 0.15) is 23.3 Å². The number of carbonyl (C=O) groups is 1. The molecule has 1 aromatic heterocycles. The second-order valence-corrected chi connectivity index (χ2v) is 4.83. The highest BCUT2D eigenvalue weighted by molar-refractivity contribution is 14.2. The quantitative estimate of drug-likeness (QED) is 0.588. The number of carbonyl (C=O) groups excluding carboxylic acids is 1. The summed E-state index contributed by atoms with van der Waals surface area (Å²) >= 11 is 2.23. The summed E-state index contributed by atoms with van der Waals surface area (Å²) in [5, 5.41) is 0. The lowest BCUT2D eigenvalue weighted by atomic mass is 10.1. The normalized spacial score (nSPS) is 16.4. The van der Waals surface area contributed by atoms with Crippen LogP contribution in [-0.2, 0) is 0 Å². The van der Waals surface area contributed by atoms with Gasteiger partial charge in [-0.1, -0.05) is 0 Å². The molecule has 0 aliphatic carbocycles. The van der Waals surface area contributed by atoms with E-state index in [0.29, 0.717) is 12.1 Å². The van der Waals surface area contributed by atoms with Gasteiger partial charge in [-0.05, 0) is 18.6 Å². The monoisotopic (exact) mass is 320 g/mol. The largest absolute Gasteiger partial charge is 0.305 e. The van der Waals surface area contributed by atoms with Crippen LogP contribution in [0, 0.1) is 0 Å². The molecular weight excluding hydrogens is 311 g/mol. The SMILES string of the molecule is O=C1CCCN(SI)c2cccnc21. The molecule has 0 N–H and O–H groups in total. The van der Waals surface area contributed by atoms with Crippen molar-refractivity contribution in [2.75, 3.05) is 10.8 Å². The predicted octanol–water partition coefficient (Wildman–Crippen LogP) is 2.86. The minimum atomic E-state index is 0.161. The summed E-state index contributed by atoms with van der Waals surface area (Å²) in [6, 6.07) is 3.83. The standard InChI is InChI=1S/C9H9IN2OS/c10-14-12-6-2-4-8(13)9-7(12)3-1-5-11-9/h1,3,5H,2,4,6H2. The van der Waals surface area contributed by atoms with Crippen molar-refractivity contribution in [3.05, 3.63) is 24.0 Å². The van der Waals surface area contributed by atoms with Gasteiger partial charge in [0.2, 0.25) is 0 Å². The van der Waals surface area contributed by atoms with Crippen LogP contribution in [-0.4, -0.2) is 17.3 Å². The molecule has 0 spiro atoms. The Bertz CT molecular complexity index is 358. The van der Waals surface area contributed by atoms with Crippen LogP contribution in [0.15, 0.2) is 18.3 Å². The second-order valence-electron chi connectivity index (χ2n) is 3.07. The fourth-order valence-electron chi connectivity index (χ4n) is 1.51. The third kappa shape index (κ3) is 1.88. The summed E-state index contributed by atoms with van der Waals surface area (Å²) in [5.41, 5.74) is 1.57. The molecule has 5 heteroatoms. The lowest BCUT2D eigenvalue weighted by Gasteiger charge is -2.18. The van der Waals surface area contributed by atoms with Gasteiger partial charge in [0.25, 0.3) is 0 Å². The fourth-order valence-corrected chi connectivity index (χ4v) is 3.15. The lowest BCUT2D eigenvalue weighted by Crippen LogP contribution is -2.13. The molecule has 0 fully saturated rings. The molecule has 14 heavy (non-hydrogen) atoms. The molecule has 2 heterocycles. The molecule has 0 bridgehead atoms. The van der Waals surface area contributed by atoms with Crippen LogP contribution in [0.3, 0.4) is 0 Å². The van der Waals surface area contributed by atoms with Crippen molar-refractivity contribution in [2.45, 2.75) is 12.8 Å². The highest BCUT2D eigenvalue weighted by Gasteiger charge is 2.21. The van der Waals surface area contributed by atoms with Crippen LogP contribution in [0.4, 0.5) is 5.69 Å². The predicted molar refractivity (Wildman–Crippen MR) is 66.8 cm³/mol. The summed E-state index contributed by atoms with van der Waals surface area (Å²) in [6.07, 6.45) is 3.20. The number of hydrogen-bond acceptors (Lipinski definition) is 4. The zero-order valence-electron chi connectivity index (χ0n) is 7.44. The molecule has 74 valence electrons. The van der Waals surface area contributed by atoms with Gasteiger partial charge in [-0.3, -0.25) is 9.78 Å². The number of Topliss-reactive ketones (excluding diaryl/α,β-unsaturated/α-hetero) is 1. The Kier molecular flexibility index (Phi) is 3.27. The van der Waals surface area contributed by atoms with Crippen LogP contribution >= 0.6 is 30.3 Å². The van der Waals surface area contributed by atoms with Gasteiger partial charge in [-0.15, -0.1) is 0 Å². The van der Waals surface area contributed by atoms with Crippen molar-refractivity contribution >= 4 is 41.8 Å². The topological polar surface area (TPSA) is 33.2 Å². The first-order valence-corrected chi connectivity index (χ1v) is 7.69. The summed E-state index contributed by atoms with van der Waals surface area (Å²) in [4.78, 5) is 15.8. The molecule has 0 amide bonds. The summed E-state index contributed by atoms with van der Waals surface area (Å²) in [7, 11) is 1.61. The molecule has 0 saturated carbocycles. The number of ketones is 1. The molecule has 2 rings (SSSR count). The molecule has 0 aromatic carbocycles. The van der Waals surface area contributed by atoms with Crippen molar-refractivity contribution in [1.29, 1.82) is 0 Å². The van der Waals surface area contributed by atoms with Crippen LogP contribution < -0.4 is 4.31 Å². The van der Waals surface area contributed by atoms with Crippen LogP contribution in [0.25, 0.3) is 0 Å². The third-order valence-electron chi connectivity index (χ3n) is 2.17. The van der Waals surface area contributed by atoms with Crippen molar-refractivity contribution in [1.82, 2.24) is 4.98 Å². The van der Waals surface area contributed by atoms with Gasteiger partial charge in [0, 0.05) is 49.5 Å². The number of pyridine rings is 1. The summed E-state index contributed by atoms with van der Waals surface area (Å²) in [5.74, 6) is 0.161. The van der Waals surface area contributed by atoms with Crippen molar-refractivity contribution in [2.24, 2.45) is 0 Å². The highest BCUT2D eigenvalue weighted by atomic mass is 127. The maximum Gasteiger partial charge on any atom is 0.183 e. The molecule has 1 aromatic rings. The first-order valence-electron chi connectivity index (χ1n) is 4.37. The number of nitrogens with zero attached hydrogens (tertiary/aromatic N) is 2. The van der Waals surface area contributed by atoms with E-state index in [2.05, 4.69) is 30.5 Å². The van der Waals surface area contributed by atoms with E-state index in [9.17, 15) is 4.79 Å². The molecule has 1 aliphatic rings. The molecule has 0 saturated heterocycles. The van der Waals surface area contributed by atoms with E-state index >= 15 is 0 Å². The van der Waals surface area contributed by atoms with Crippen molar-refractivity contribution < 1.29 is 4.79 Å². The maximum atomic E-state index is 11.7.